The molecule has 2 aromatic carbocycles. The lowest BCUT2D eigenvalue weighted by atomic mass is 10.3. The van der Waals surface area contributed by atoms with Crippen LogP contribution in [0.2, 0.25) is 0 Å². The summed E-state index contributed by atoms with van der Waals surface area (Å²) >= 11 is 0. The summed E-state index contributed by atoms with van der Waals surface area (Å²) in [6.45, 7) is 1.33. The second kappa shape index (κ2) is 9.97. The van der Waals surface area contributed by atoms with E-state index in [9.17, 15) is 0 Å². The normalized spacial score (nSPS) is 11.1. The maximum atomic E-state index is 5.11. The highest BCUT2D eigenvalue weighted by atomic mass is 16.5. The fourth-order valence-corrected chi connectivity index (χ4v) is 1.93. The highest BCUT2D eigenvalue weighted by Crippen LogP contribution is 2.19. The zero-order chi connectivity index (χ0) is 18.8. The first-order valence-electron chi connectivity index (χ1n) is 8.14. The lowest BCUT2D eigenvalue weighted by Crippen LogP contribution is -2.24. The summed E-state index contributed by atoms with van der Waals surface area (Å²) in [7, 11) is 6.99. The molecule has 2 rings (SSSR count). The van der Waals surface area contributed by atoms with Crippen LogP contribution >= 0.6 is 0 Å². The van der Waals surface area contributed by atoms with E-state index in [4.69, 9.17) is 9.47 Å². The summed E-state index contributed by atoms with van der Waals surface area (Å²) in [5.74, 6) is 1.59. The Labute approximate surface area is 153 Å². The minimum atomic E-state index is 0.664. The molecule has 0 aromatic heterocycles. The van der Waals surface area contributed by atoms with Crippen molar-refractivity contribution in [2.45, 2.75) is 0 Å². The van der Waals surface area contributed by atoms with Gasteiger partial charge in [-0.2, -0.15) is 0 Å². The number of benzene rings is 2. The number of likely N-dealkylation sites (N-methyl/N-ethyl adjacent to an activating group) is 2. The summed E-state index contributed by atoms with van der Waals surface area (Å²) in [6.07, 6.45) is 0. The maximum absolute atomic E-state index is 5.11. The summed E-state index contributed by atoms with van der Waals surface area (Å²) in [5, 5.41) is 20.2. The van der Waals surface area contributed by atoms with E-state index < -0.39 is 0 Å². The number of ether oxygens (including phenoxy) is 2. The highest BCUT2D eigenvalue weighted by Gasteiger charge is 1.99. The molecular weight excluding hydrogens is 332 g/mol. The van der Waals surface area contributed by atoms with Gasteiger partial charge in [0.25, 0.3) is 0 Å². The quantitative estimate of drug-likeness (QED) is 0.497. The molecule has 0 aliphatic carbocycles. The van der Waals surface area contributed by atoms with Crippen LogP contribution in [0.1, 0.15) is 0 Å². The number of hydrogen-bond acceptors (Lipinski definition) is 6. The molecule has 0 heterocycles. The molecule has 138 valence electrons. The van der Waals surface area contributed by atoms with Crippen molar-refractivity contribution >= 4 is 11.4 Å². The molecule has 8 nitrogen and oxygen atoms in total. The van der Waals surface area contributed by atoms with Gasteiger partial charge in [0.2, 0.25) is 0 Å². The van der Waals surface area contributed by atoms with Crippen molar-refractivity contribution in [3.63, 3.8) is 0 Å². The molecule has 26 heavy (non-hydrogen) atoms. The second-order valence-corrected chi connectivity index (χ2v) is 5.54. The van der Waals surface area contributed by atoms with Crippen molar-refractivity contribution in [3.8, 4) is 11.5 Å². The zero-order valence-electron chi connectivity index (χ0n) is 15.5. The minimum absolute atomic E-state index is 0.664. The Hall–Kier alpha value is -3.16. The number of nitrogens with zero attached hydrogens (tertiary/aromatic N) is 6. The van der Waals surface area contributed by atoms with E-state index in [2.05, 4.69) is 20.7 Å². The molecule has 0 amide bonds. The van der Waals surface area contributed by atoms with Gasteiger partial charge in [0.1, 0.15) is 11.5 Å². The van der Waals surface area contributed by atoms with Gasteiger partial charge in [-0.05, 0) is 48.5 Å². The first kappa shape index (κ1) is 19.2. The van der Waals surface area contributed by atoms with E-state index in [1.807, 2.05) is 62.6 Å². The topological polar surface area (TPSA) is 74.4 Å². The van der Waals surface area contributed by atoms with Gasteiger partial charge in [0, 0.05) is 14.1 Å². The average Bonchev–Trinajstić information content (AvgIpc) is 2.69. The van der Waals surface area contributed by atoms with E-state index in [1.165, 1.54) is 0 Å². The molecular formula is C18H24N6O2. The van der Waals surface area contributed by atoms with E-state index in [1.54, 1.807) is 24.2 Å². The van der Waals surface area contributed by atoms with E-state index in [-0.39, 0.29) is 0 Å². The van der Waals surface area contributed by atoms with Crippen molar-refractivity contribution in [1.82, 2.24) is 10.0 Å². The van der Waals surface area contributed by atoms with E-state index in [0.29, 0.717) is 13.1 Å². The van der Waals surface area contributed by atoms with Gasteiger partial charge in [-0.3, -0.25) is 10.0 Å². The molecule has 0 atom stereocenters. The van der Waals surface area contributed by atoms with Crippen LogP contribution in [0, 0.1) is 0 Å². The van der Waals surface area contributed by atoms with Crippen molar-refractivity contribution in [3.05, 3.63) is 48.5 Å². The summed E-state index contributed by atoms with van der Waals surface area (Å²) in [5.41, 5.74) is 1.54. The molecule has 0 aliphatic heterocycles. The predicted octanol–water partition coefficient (Wildman–Crippen LogP) is 4.27. The van der Waals surface area contributed by atoms with Crippen LogP contribution in [0.15, 0.2) is 69.2 Å². The SMILES string of the molecule is COc1ccc(N=NN(C)CCN(C)N=Nc2ccc(OC)cc2)cc1. The van der Waals surface area contributed by atoms with Gasteiger partial charge in [-0.25, -0.2) is 0 Å². The molecule has 0 saturated heterocycles. The van der Waals surface area contributed by atoms with Crippen LogP contribution in [0.25, 0.3) is 0 Å². The van der Waals surface area contributed by atoms with Gasteiger partial charge in [-0.15, -0.1) is 10.2 Å². The second-order valence-electron chi connectivity index (χ2n) is 5.54. The third kappa shape index (κ3) is 6.39. The van der Waals surface area contributed by atoms with Crippen LogP contribution in [-0.4, -0.2) is 51.4 Å². The van der Waals surface area contributed by atoms with Gasteiger partial charge in [-0.1, -0.05) is 10.4 Å². The molecule has 0 saturated carbocycles. The van der Waals surface area contributed by atoms with Gasteiger partial charge in [0.05, 0.1) is 38.7 Å². The Balaban J connectivity index is 1.77. The van der Waals surface area contributed by atoms with Crippen molar-refractivity contribution in [2.75, 3.05) is 41.4 Å². The lowest BCUT2D eigenvalue weighted by Gasteiger charge is -2.15. The molecule has 0 fully saturated rings. The van der Waals surface area contributed by atoms with Crippen LogP contribution in [0.4, 0.5) is 11.4 Å². The van der Waals surface area contributed by atoms with E-state index >= 15 is 0 Å². The van der Waals surface area contributed by atoms with Crippen molar-refractivity contribution in [1.29, 1.82) is 0 Å². The Morgan fingerprint density at radius 1 is 0.654 bits per heavy atom. The Morgan fingerprint density at radius 3 is 1.31 bits per heavy atom. The standard InChI is InChI=1S/C18H24N6O2/c1-23(21-19-15-5-9-17(25-3)10-6-15)13-14-24(2)22-20-16-7-11-18(26-4)12-8-16/h5-12H,13-14H2,1-4H3. The summed E-state index contributed by atoms with van der Waals surface area (Å²) in [4.78, 5) is 0. The number of methoxy groups -OCH3 is 2. The Morgan fingerprint density at radius 2 is 1.00 bits per heavy atom. The van der Waals surface area contributed by atoms with Gasteiger partial charge < -0.3 is 9.47 Å². The summed E-state index contributed by atoms with van der Waals surface area (Å²) < 4.78 is 10.2. The number of hydrogen-bond donors (Lipinski definition) is 0. The third-order valence-corrected chi connectivity index (χ3v) is 3.52. The Kier molecular flexibility index (Phi) is 7.35. The predicted molar refractivity (Wildman–Crippen MR) is 100 cm³/mol. The molecule has 0 unspecified atom stereocenters. The third-order valence-electron chi connectivity index (χ3n) is 3.52. The largest absolute Gasteiger partial charge is 0.497 e. The monoisotopic (exact) mass is 356 g/mol. The Bertz CT molecular complexity index is 652. The average molecular weight is 356 g/mol. The van der Waals surface area contributed by atoms with Gasteiger partial charge >= 0.3 is 0 Å². The molecule has 0 radical (unpaired) electrons. The summed E-state index contributed by atoms with van der Waals surface area (Å²) in [6, 6.07) is 14.8. The molecule has 0 spiro atoms. The van der Waals surface area contributed by atoms with Crippen LogP contribution < -0.4 is 9.47 Å². The maximum Gasteiger partial charge on any atom is 0.119 e. The molecule has 0 bridgehead atoms. The van der Waals surface area contributed by atoms with Crippen LogP contribution in [-0.2, 0) is 0 Å². The number of rotatable bonds is 9. The minimum Gasteiger partial charge on any atom is -0.497 e. The molecule has 8 heteroatoms. The van der Waals surface area contributed by atoms with Crippen LogP contribution in [0.5, 0.6) is 11.5 Å². The fraction of sp³-hybridized carbons (Fsp3) is 0.333. The molecule has 2 aromatic rings. The smallest absolute Gasteiger partial charge is 0.119 e. The first-order valence-corrected chi connectivity index (χ1v) is 8.14. The van der Waals surface area contributed by atoms with Crippen molar-refractivity contribution in [2.24, 2.45) is 20.7 Å². The lowest BCUT2D eigenvalue weighted by molar-refractivity contribution is 0.252. The van der Waals surface area contributed by atoms with Gasteiger partial charge in [0.15, 0.2) is 0 Å². The van der Waals surface area contributed by atoms with Crippen molar-refractivity contribution < 1.29 is 9.47 Å². The molecule has 0 aliphatic rings. The molecule has 0 N–H and O–H groups in total. The highest BCUT2D eigenvalue weighted by molar-refractivity contribution is 5.41. The fourth-order valence-electron chi connectivity index (χ4n) is 1.93. The van der Waals surface area contributed by atoms with E-state index in [0.717, 1.165) is 22.9 Å². The zero-order valence-corrected chi connectivity index (χ0v) is 15.5. The van der Waals surface area contributed by atoms with Crippen LogP contribution in [0.3, 0.4) is 0 Å². The first-order chi connectivity index (χ1) is 12.6.